The Morgan fingerprint density at radius 2 is 0.614 bits per heavy atom. The standard InChI is InChI=1S/C78H138NO8P/c1-6-8-10-12-14-16-18-20-22-24-26-28-30-32-34-36-37-38-39-40-41-43-44-46-48-50-52-54-56-58-60-62-64-66-68-70-77(80)84-74-76(75-86-88(82,83)85-73-72-79(3,4)5)87-78(81)71-69-67-65-63-61-59-57-55-53-51-49-47-45-42-35-33-31-29-27-25-23-21-19-17-15-13-11-9-7-2/h8-11,14-17,20-23,26-29,33,35,76H,6-7,12-13,18-19,24-25,30-32,34,36-75H2,1-5H3/p+1/b10-8-,11-9-,16-14-,17-15-,22-20-,23-21-,28-26-,29-27-,35-33-. The fourth-order valence-electron chi connectivity index (χ4n) is 10.3. The molecule has 0 radical (unpaired) electrons. The van der Waals surface area contributed by atoms with Crippen molar-refractivity contribution in [1.29, 1.82) is 0 Å². The Morgan fingerprint density at radius 1 is 0.352 bits per heavy atom. The number of phosphoric ester groups is 1. The fourth-order valence-corrected chi connectivity index (χ4v) is 11.0. The predicted molar refractivity (Wildman–Crippen MR) is 381 cm³/mol. The number of rotatable bonds is 67. The summed E-state index contributed by atoms with van der Waals surface area (Å²) in [6.45, 7) is 4.24. The lowest BCUT2D eigenvalue weighted by molar-refractivity contribution is -0.870. The largest absolute Gasteiger partial charge is 0.472 e. The summed E-state index contributed by atoms with van der Waals surface area (Å²) in [7, 11) is 1.48. The fraction of sp³-hybridized carbons (Fsp3) is 0.744. The third-order valence-corrected chi connectivity index (χ3v) is 16.8. The Balaban J connectivity index is 3.99. The highest BCUT2D eigenvalue weighted by Gasteiger charge is 2.27. The molecule has 0 aliphatic carbocycles. The first-order valence-corrected chi connectivity index (χ1v) is 38.1. The van der Waals surface area contributed by atoms with E-state index in [1.165, 1.54) is 193 Å². The van der Waals surface area contributed by atoms with E-state index in [0.717, 1.165) is 96.3 Å². The molecule has 0 heterocycles. The number of hydrogen-bond acceptors (Lipinski definition) is 7. The van der Waals surface area contributed by atoms with Gasteiger partial charge in [-0.15, -0.1) is 0 Å². The van der Waals surface area contributed by atoms with E-state index in [2.05, 4.69) is 123 Å². The molecule has 0 saturated carbocycles. The van der Waals surface area contributed by atoms with E-state index in [0.29, 0.717) is 17.4 Å². The molecule has 0 aliphatic rings. The Bertz CT molecular complexity index is 1850. The summed E-state index contributed by atoms with van der Waals surface area (Å²) in [4.78, 5) is 35.9. The van der Waals surface area contributed by atoms with E-state index < -0.39 is 26.5 Å². The van der Waals surface area contributed by atoms with Crippen LogP contribution in [-0.2, 0) is 32.7 Å². The maximum absolute atomic E-state index is 12.9. The van der Waals surface area contributed by atoms with Gasteiger partial charge < -0.3 is 18.9 Å². The number of hydrogen-bond donors (Lipinski definition) is 1. The third-order valence-electron chi connectivity index (χ3n) is 15.8. The molecule has 2 atom stereocenters. The molecule has 0 fully saturated rings. The Hall–Kier alpha value is -3.33. The molecule has 0 aliphatic heterocycles. The topological polar surface area (TPSA) is 108 Å². The molecular weight excluding hydrogens is 1110 g/mol. The first-order chi connectivity index (χ1) is 43.0. The summed E-state index contributed by atoms with van der Waals surface area (Å²) in [6.07, 6.45) is 96.3. The number of ether oxygens (including phenoxy) is 2. The highest BCUT2D eigenvalue weighted by molar-refractivity contribution is 7.47. The van der Waals surface area contributed by atoms with Crippen LogP contribution < -0.4 is 0 Å². The van der Waals surface area contributed by atoms with Gasteiger partial charge in [-0.05, 0) is 96.3 Å². The van der Waals surface area contributed by atoms with Crippen LogP contribution in [-0.4, -0.2) is 74.9 Å². The molecule has 0 saturated heterocycles. The molecular formula is C78H139NO8P+. The number of unbranched alkanes of at least 4 members (excludes halogenated alkanes) is 35. The smallest absolute Gasteiger partial charge is 0.462 e. The molecule has 0 aromatic carbocycles. The summed E-state index contributed by atoms with van der Waals surface area (Å²) in [5.41, 5.74) is 0. The van der Waals surface area contributed by atoms with Crippen LogP contribution in [0.5, 0.6) is 0 Å². The zero-order valence-electron chi connectivity index (χ0n) is 57.9. The lowest BCUT2D eigenvalue weighted by Crippen LogP contribution is -2.37. The van der Waals surface area contributed by atoms with Crippen LogP contribution in [0.25, 0.3) is 0 Å². The van der Waals surface area contributed by atoms with Gasteiger partial charge in [-0.25, -0.2) is 4.57 Å². The van der Waals surface area contributed by atoms with Crippen LogP contribution in [0.3, 0.4) is 0 Å². The summed E-state index contributed by atoms with van der Waals surface area (Å²) in [5, 5.41) is 0. The number of nitrogens with zero attached hydrogens (tertiary/aromatic N) is 1. The number of carbonyl (C=O) groups excluding carboxylic acids is 2. The van der Waals surface area contributed by atoms with Crippen molar-refractivity contribution in [1.82, 2.24) is 0 Å². The van der Waals surface area contributed by atoms with Gasteiger partial charge in [0.1, 0.15) is 19.8 Å². The van der Waals surface area contributed by atoms with Crippen LogP contribution in [0.4, 0.5) is 0 Å². The van der Waals surface area contributed by atoms with Crippen molar-refractivity contribution in [3.63, 3.8) is 0 Å². The van der Waals surface area contributed by atoms with Gasteiger partial charge in [0.05, 0.1) is 27.7 Å². The van der Waals surface area contributed by atoms with Crippen molar-refractivity contribution in [2.45, 2.75) is 328 Å². The Morgan fingerprint density at radius 3 is 0.909 bits per heavy atom. The van der Waals surface area contributed by atoms with E-state index in [4.69, 9.17) is 18.5 Å². The van der Waals surface area contributed by atoms with Gasteiger partial charge in [-0.1, -0.05) is 322 Å². The second-order valence-corrected chi connectivity index (χ2v) is 27.0. The van der Waals surface area contributed by atoms with Gasteiger partial charge in [-0.2, -0.15) is 0 Å². The molecule has 0 amide bonds. The number of allylic oxidation sites excluding steroid dienone is 18. The quantitative estimate of drug-likeness (QED) is 0.0211. The van der Waals surface area contributed by atoms with Crippen LogP contribution in [0.2, 0.25) is 0 Å². The summed E-state index contributed by atoms with van der Waals surface area (Å²) in [5.74, 6) is -0.789. The highest BCUT2D eigenvalue weighted by atomic mass is 31.2. The summed E-state index contributed by atoms with van der Waals surface area (Å²) in [6, 6.07) is 0. The van der Waals surface area contributed by atoms with E-state index >= 15 is 0 Å². The summed E-state index contributed by atoms with van der Waals surface area (Å²) < 4.78 is 34.8. The Kier molecular flexibility index (Phi) is 65.5. The minimum absolute atomic E-state index is 0.0294. The first kappa shape index (κ1) is 84.7. The van der Waals surface area contributed by atoms with E-state index in [9.17, 15) is 19.0 Å². The number of quaternary nitrogens is 1. The SMILES string of the molecule is CC/C=C\C/C=C\C/C=C\C/C=C\C/C=C\CCCCCCCCCCCCCCCC(=O)OC(COC(=O)CCCCCCCCCCCCCCCCCCCCCCCC/C=C\C/C=C\C/C=C\C/C=C\CC)COP(=O)(O)OCC[N+](C)(C)C. The zero-order chi connectivity index (χ0) is 64.1. The number of esters is 2. The van der Waals surface area contributed by atoms with Gasteiger partial charge in [0.2, 0.25) is 0 Å². The van der Waals surface area contributed by atoms with Crippen molar-refractivity contribution in [2.75, 3.05) is 47.5 Å². The van der Waals surface area contributed by atoms with Crippen LogP contribution in [0, 0.1) is 0 Å². The van der Waals surface area contributed by atoms with Gasteiger partial charge in [0.15, 0.2) is 6.10 Å². The maximum Gasteiger partial charge on any atom is 0.472 e. The maximum atomic E-state index is 12.9. The second-order valence-electron chi connectivity index (χ2n) is 25.6. The van der Waals surface area contributed by atoms with E-state index in [1.807, 2.05) is 21.1 Å². The predicted octanol–water partition coefficient (Wildman–Crippen LogP) is 24.1. The van der Waals surface area contributed by atoms with Crippen molar-refractivity contribution in [3.8, 4) is 0 Å². The highest BCUT2D eigenvalue weighted by Crippen LogP contribution is 2.43. The molecule has 0 aromatic rings. The average molecular weight is 1250 g/mol. The minimum atomic E-state index is -4.40. The van der Waals surface area contributed by atoms with Gasteiger partial charge in [0, 0.05) is 12.8 Å². The van der Waals surface area contributed by atoms with E-state index in [1.54, 1.807) is 0 Å². The van der Waals surface area contributed by atoms with Gasteiger partial charge in [-0.3, -0.25) is 18.6 Å². The van der Waals surface area contributed by atoms with Crippen LogP contribution in [0.15, 0.2) is 109 Å². The normalized spacial score (nSPS) is 13.8. The van der Waals surface area contributed by atoms with Crippen molar-refractivity contribution in [2.24, 2.45) is 0 Å². The van der Waals surface area contributed by atoms with E-state index in [-0.39, 0.29) is 32.0 Å². The first-order valence-electron chi connectivity index (χ1n) is 36.6. The molecule has 508 valence electrons. The Labute approximate surface area is 544 Å². The lowest BCUT2D eigenvalue weighted by atomic mass is 10.0. The molecule has 10 heteroatoms. The molecule has 2 unspecified atom stereocenters. The zero-order valence-corrected chi connectivity index (χ0v) is 58.8. The number of phosphoric acid groups is 1. The number of likely N-dealkylation sites (N-methyl/N-ethyl adjacent to an activating group) is 1. The average Bonchev–Trinajstić information content (AvgIpc) is 3.68. The van der Waals surface area contributed by atoms with Gasteiger partial charge >= 0.3 is 19.8 Å². The molecule has 0 aromatic heterocycles. The second kappa shape index (κ2) is 68.0. The third kappa shape index (κ3) is 71.7. The van der Waals surface area contributed by atoms with Crippen molar-refractivity contribution >= 4 is 19.8 Å². The van der Waals surface area contributed by atoms with Crippen LogP contribution in [0.1, 0.15) is 322 Å². The molecule has 0 spiro atoms. The monoisotopic (exact) mass is 1250 g/mol. The molecule has 9 nitrogen and oxygen atoms in total. The molecule has 0 bridgehead atoms. The van der Waals surface area contributed by atoms with Crippen molar-refractivity contribution < 1.29 is 42.1 Å². The molecule has 88 heavy (non-hydrogen) atoms. The molecule has 0 rings (SSSR count). The minimum Gasteiger partial charge on any atom is -0.462 e. The lowest BCUT2D eigenvalue weighted by Gasteiger charge is -2.24. The van der Waals surface area contributed by atoms with Crippen LogP contribution >= 0.6 is 7.82 Å². The summed E-state index contributed by atoms with van der Waals surface area (Å²) >= 11 is 0. The number of carbonyl (C=O) groups is 2. The van der Waals surface area contributed by atoms with Gasteiger partial charge in [0.25, 0.3) is 0 Å². The molecule has 1 N–H and O–H groups in total. The van der Waals surface area contributed by atoms with Crippen molar-refractivity contribution in [3.05, 3.63) is 109 Å².